The number of rotatable bonds is 7. The van der Waals surface area contributed by atoms with E-state index in [2.05, 4.69) is 5.32 Å². The maximum atomic E-state index is 12.0. The molecule has 0 bridgehead atoms. The molecular formula is C16H24ClN3O3. The Morgan fingerprint density at radius 1 is 1.22 bits per heavy atom. The van der Waals surface area contributed by atoms with Gasteiger partial charge >= 0.3 is 0 Å². The summed E-state index contributed by atoms with van der Waals surface area (Å²) < 4.78 is 5.37. The van der Waals surface area contributed by atoms with Crippen LogP contribution in [0.2, 0.25) is 0 Å². The van der Waals surface area contributed by atoms with Crippen LogP contribution >= 0.6 is 12.4 Å². The number of anilines is 1. The number of hydrogen-bond acceptors (Lipinski definition) is 4. The molecule has 1 aliphatic rings. The number of benzene rings is 1. The van der Waals surface area contributed by atoms with Crippen molar-refractivity contribution >= 4 is 29.9 Å². The number of hydrogen-bond donors (Lipinski definition) is 3. The van der Waals surface area contributed by atoms with Crippen LogP contribution in [0.3, 0.4) is 0 Å². The predicted molar refractivity (Wildman–Crippen MR) is 91.6 cm³/mol. The van der Waals surface area contributed by atoms with Gasteiger partial charge in [0.1, 0.15) is 5.75 Å². The monoisotopic (exact) mass is 341 g/mol. The number of amides is 2. The molecule has 128 valence electrons. The number of primary amides is 1. The standard InChI is InChI=1S/C16H23N3O3.ClH/c17-14-3-1-2-11(14)10-16(21)19-12-4-6-13(7-5-12)22-9-8-15(18)20;/h4-7,11,14H,1-3,8-10,17H2,(H2,18,20)(H,19,21);1H/t11-,14+;/m0./s1. The molecule has 0 aromatic heterocycles. The number of nitrogens with two attached hydrogens (primary N) is 2. The lowest BCUT2D eigenvalue weighted by Crippen LogP contribution is -2.28. The summed E-state index contributed by atoms with van der Waals surface area (Å²) in [5.41, 5.74) is 11.7. The molecule has 1 fully saturated rings. The Morgan fingerprint density at radius 2 is 1.91 bits per heavy atom. The first-order chi connectivity index (χ1) is 10.5. The van der Waals surface area contributed by atoms with E-state index in [1.807, 2.05) is 0 Å². The van der Waals surface area contributed by atoms with E-state index >= 15 is 0 Å². The molecule has 5 N–H and O–H groups in total. The average Bonchev–Trinajstić information content (AvgIpc) is 2.86. The summed E-state index contributed by atoms with van der Waals surface area (Å²) in [6, 6.07) is 7.18. The third-order valence-electron chi connectivity index (χ3n) is 3.92. The summed E-state index contributed by atoms with van der Waals surface area (Å²) in [7, 11) is 0. The van der Waals surface area contributed by atoms with Crippen LogP contribution in [0.25, 0.3) is 0 Å². The molecule has 23 heavy (non-hydrogen) atoms. The van der Waals surface area contributed by atoms with Crippen molar-refractivity contribution in [3.05, 3.63) is 24.3 Å². The van der Waals surface area contributed by atoms with Crippen molar-refractivity contribution in [2.24, 2.45) is 17.4 Å². The summed E-state index contributed by atoms with van der Waals surface area (Å²) in [6.45, 7) is 0.251. The molecule has 2 rings (SSSR count). The molecule has 7 heteroatoms. The van der Waals surface area contributed by atoms with Crippen LogP contribution in [-0.4, -0.2) is 24.5 Å². The smallest absolute Gasteiger partial charge is 0.224 e. The van der Waals surface area contributed by atoms with Gasteiger partial charge in [-0.25, -0.2) is 0 Å². The van der Waals surface area contributed by atoms with E-state index in [0.29, 0.717) is 12.2 Å². The molecule has 0 radical (unpaired) electrons. The molecule has 0 saturated heterocycles. The second kappa shape index (κ2) is 9.37. The van der Waals surface area contributed by atoms with Gasteiger partial charge in [0.15, 0.2) is 0 Å². The van der Waals surface area contributed by atoms with Crippen LogP contribution in [0.1, 0.15) is 32.1 Å². The number of ether oxygens (including phenoxy) is 1. The molecule has 2 amide bonds. The van der Waals surface area contributed by atoms with Gasteiger partial charge in [-0.2, -0.15) is 0 Å². The van der Waals surface area contributed by atoms with Gasteiger partial charge < -0.3 is 21.5 Å². The highest BCUT2D eigenvalue weighted by Crippen LogP contribution is 2.27. The van der Waals surface area contributed by atoms with E-state index in [1.54, 1.807) is 24.3 Å². The van der Waals surface area contributed by atoms with Crippen molar-refractivity contribution in [3.63, 3.8) is 0 Å². The summed E-state index contributed by atoms with van der Waals surface area (Å²) in [6.07, 6.45) is 3.80. The first kappa shape index (κ1) is 19.3. The zero-order valence-electron chi connectivity index (χ0n) is 13.0. The largest absolute Gasteiger partial charge is 0.493 e. The molecule has 1 aliphatic carbocycles. The summed E-state index contributed by atoms with van der Waals surface area (Å²) >= 11 is 0. The molecule has 1 aromatic rings. The van der Waals surface area contributed by atoms with Gasteiger partial charge in [0.2, 0.25) is 11.8 Å². The van der Waals surface area contributed by atoms with Gasteiger partial charge in [0, 0.05) is 18.2 Å². The van der Waals surface area contributed by atoms with Gasteiger partial charge in [0.25, 0.3) is 0 Å². The van der Waals surface area contributed by atoms with Crippen LogP contribution in [0.15, 0.2) is 24.3 Å². The van der Waals surface area contributed by atoms with Crippen molar-refractivity contribution in [3.8, 4) is 5.75 Å². The Morgan fingerprint density at radius 3 is 2.48 bits per heavy atom. The topological polar surface area (TPSA) is 107 Å². The molecular weight excluding hydrogens is 318 g/mol. The fourth-order valence-electron chi connectivity index (χ4n) is 2.67. The van der Waals surface area contributed by atoms with E-state index in [4.69, 9.17) is 16.2 Å². The maximum Gasteiger partial charge on any atom is 0.224 e. The molecule has 6 nitrogen and oxygen atoms in total. The number of halogens is 1. The van der Waals surface area contributed by atoms with Gasteiger partial charge in [0.05, 0.1) is 13.0 Å². The van der Waals surface area contributed by atoms with Gasteiger partial charge in [-0.15, -0.1) is 12.4 Å². The SMILES string of the molecule is Cl.NC(=O)CCOc1ccc(NC(=O)C[C@@H]2CCC[C@H]2N)cc1. The third-order valence-corrected chi connectivity index (χ3v) is 3.92. The lowest BCUT2D eigenvalue weighted by atomic mass is 10.00. The highest BCUT2D eigenvalue weighted by molar-refractivity contribution is 5.91. The summed E-state index contributed by atoms with van der Waals surface area (Å²) in [5.74, 6) is 0.521. The fourth-order valence-corrected chi connectivity index (χ4v) is 2.67. The lowest BCUT2D eigenvalue weighted by Gasteiger charge is -2.15. The highest BCUT2D eigenvalue weighted by Gasteiger charge is 2.25. The molecule has 1 saturated carbocycles. The first-order valence-electron chi connectivity index (χ1n) is 7.61. The molecule has 1 aromatic carbocycles. The van der Waals surface area contributed by atoms with Crippen LogP contribution in [0.5, 0.6) is 5.75 Å². The number of carbonyl (C=O) groups is 2. The zero-order valence-corrected chi connectivity index (χ0v) is 13.8. The minimum Gasteiger partial charge on any atom is -0.493 e. The minimum atomic E-state index is -0.394. The van der Waals surface area contributed by atoms with Crippen LogP contribution in [0, 0.1) is 5.92 Å². The molecule has 0 aliphatic heterocycles. The Balaban J connectivity index is 0.00000264. The van der Waals surface area contributed by atoms with Crippen LogP contribution < -0.4 is 21.5 Å². The number of nitrogens with one attached hydrogen (secondary N) is 1. The Hall–Kier alpha value is -1.79. The number of carbonyl (C=O) groups excluding carboxylic acids is 2. The van der Waals surface area contributed by atoms with Crippen molar-refractivity contribution in [1.82, 2.24) is 0 Å². The second-order valence-corrected chi connectivity index (χ2v) is 5.70. The maximum absolute atomic E-state index is 12.0. The highest BCUT2D eigenvalue weighted by atomic mass is 35.5. The fraction of sp³-hybridized carbons (Fsp3) is 0.500. The predicted octanol–water partition coefficient (Wildman–Crippen LogP) is 1.82. The first-order valence-corrected chi connectivity index (χ1v) is 7.61. The lowest BCUT2D eigenvalue weighted by molar-refractivity contribution is -0.118. The normalized spacial score (nSPS) is 19.7. The van der Waals surface area contributed by atoms with E-state index in [-0.39, 0.29) is 43.3 Å². The van der Waals surface area contributed by atoms with Crippen molar-refractivity contribution < 1.29 is 14.3 Å². The van der Waals surface area contributed by atoms with E-state index < -0.39 is 5.91 Å². The molecule has 0 heterocycles. The third kappa shape index (κ3) is 6.46. The summed E-state index contributed by atoms with van der Waals surface area (Å²) in [5, 5.41) is 2.87. The summed E-state index contributed by atoms with van der Waals surface area (Å²) in [4.78, 5) is 22.6. The van der Waals surface area contributed by atoms with Gasteiger partial charge in [-0.05, 0) is 43.0 Å². The Kier molecular flexibility index (Phi) is 7.85. The molecule has 2 atom stereocenters. The van der Waals surface area contributed by atoms with Crippen LogP contribution in [-0.2, 0) is 9.59 Å². The quantitative estimate of drug-likeness (QED) is 0.703. The average molecular weight is 342 g/mol. The van der Waals surface area contributed by atoms with E-state index in [0.717, 1.165) is 24.9 Å². The minimum absolute atomic E-state index is 0. The van der Waals surface area contributed by atoms with Gasteiger partial charge in [-0.1, -0.05) is 6.42 Å². The zero-order chi connectivity index (χ0) is 15.9. The van der Waals surface area contributed by atoms with Crippen molar-refractivity contribution in [2.45, 2.75) is 38.1 Å². The Bertz CT molecular complexity index is 522. The van der Waals surface area contributed by atoms with E-state index in [9.17, 15) is 9.59 Å². The van der Waals surface area contributed by atoms with Crippen molar-refractivity contribution in [2.75, 3.05) is 11.9 Å². The molecule has 0 spiro atoms. The second-order valence-electron chi connectivity index (χ2n) is 5.70. The van der Waals surface area contributed by atoms with Crippen molar-refractivity contribution in [1.29, 1.82) is 0 Å². The van der Waals surface area contributed by atoms with Crippen LogP contribution in [0.4, 0.5) is 5.69 Å². The molecule has 0 unspecified atom stereocenters. The van der Waals surface area contributed by atoms with E-state index in [1.165, 1.54) is 0 Å². The van der Waals surface area contributed by atoms with Gasteiger partial charge in [-0.3, -0.25) is 9.59 Å². The Labute approximate surface area is 142 Å².